The second kappa shape index (κ2) is 5.80. The molecule has 0 aliphatic rings. The van der Waals surface area contributed by atoms with Crippen molar-refractivity contribution in [1.29, 1.82) is 0 Å². The fourth-order valence-corrected chi connectivity index (χ4v) is 1.49. The molecular formula is C11H11IO2. The number of benzene rings is 1. The van der Waals surface area contributed by atoms with Gasteiger partial charge in [-0.05, 0) is 28.7 Å². The largest absolute Gasteiger partial charge is 0.462 e. The van der Waals surface area contributed by atoms with Crippen LogP contribution in [0.4, 0.5) is 0 Å². The SMILES string of the molecule is CCOC(=O)c1ccccc1/C=C/I. The molecule has 0 saturated carbocycles. The lowest BCUT2D eigenvalue weighted by Gasteiger charge is -2.04. The minimum absolute atomic E-state index is 0.266. The van der Waals surface area contributed by atoms with E-state index in [0.717, 1.165) is 5.56 Å². The number of carbonyl (C=O) groups excluding carboxylic acids is 1. The molecular weight excluding hydrogens is 291 g/mol. The van der Waals surface area contributed by atoms with Crippen molar-refractivity contribution in [3.8, 4) is 0 Å². The molecule has 0 aromatic heterocycles. The Balaban J connectivity index is 3.00. The summed E-state index contributed by atoms with van der Waals surface area (Å²) in [6.07, 6.45) is 1.88. The molecule has 74 valence electrons. The predicted molar refractivity (Wildman–Crippen MR) is 65.5 cm³/mol. The van der Waals surface area contributed by atoms with Gasteiger partial charge in [0.15, 0.2) is 0 Å². The summed E-state index contributed by atoms with van der Waals surface area (Å²) in [6, 6.07) is 7.39. The average molecular weight is 302 g/mol. The zero-order valence-corrected chi connectivity index (χ0v) is 10.0. The van der Waals surface area contributed by atoms with Gasteiger partial charge in [0.25, 0.3) is 0 Å². The first kappa shape index (κ1) is 11.2. The Morgan fingerprint density at radius 1 is 1.50 bits per heavy atom. The molecule has 3 heteroatoms. The molecule has 0 amide bonds. The van der Waals surface area contributed by atoms with E-state index in [2.05, 4.69) is 22.6 Å². The van der Waals surface area contributed by atoms with Gasteiger partial charge in [-0.25, -0.2) is 4.79 Å². The first-order chi connectivity index (χ1) is 6.79. The fraction of sp³-hybridized carbons (Fsp3) is 0.182. The minimum atomic E-state index is -0.266. The second-order valence-corrected chi connectivity index (χ2v) is 3.32. The van der Waals surface area contributed by atoms with Gasteiger partial charge in [0.05, 0.1) is 12.2 Å². The van der Waals surface area contributed by atoms with Crippen LogP contribution in [-0.4, -0.2) is 12.6 Å². The fourth-order valence-electron chi connectivity index (χ4n) is 1.10. The molecule has 1 rings (SSSR count). The quantitative estimate of drug-likeness (QED) is 0.633. The van der Waals surface area contributed by atoms with Crippen molar-refractivity contribution >= 4 is 34.6 Å². The van der Waals surface area contributed by atoms with Crippen LogP contribution in [0.3, 0.4) is 0 Å². The maximum Gasteiger partial charge on any atom is 0.338 e. The van der Waals surface area contributed by atoms with Crippen LogP contribution in [0.5, 0.6) is 0 Å². The van der Waals surface area contributed by atoms with Gasteiger partial charge in [0, 0.05) is 0 Å². The van der Waals surface area contributed by atoms with Crippen LogP contribution in [0.1, 0.15) is 22.8 Å². The summed E-state index contributed by atoms with van der Waals surface area (Å²) in [7, 11) is 0. The van der Waals surface area contributed by atoms with Crippen molar-refractivity contribution in [2.24, 2.45) is 0 Å². The monoisotopic (exact) mass is 302 g/mol. The van der Waals surface area contributed by atoms with E-state index in [1.165, 1.54) is 0 Å². The number of rotatable bonds is 3. The first-order valence-electron chi connectivity index (χ1n) is 4.32. The van der Waals surface area contributed by atoms with Crippen molar-refractivity contribution in [2.75, 3.05) is 6.61 Å². The number of ether oxygens (including phenoxy) is 1. The van der Waals surface area contributed by atoms with Crippen LogP contribution in [0, 0.1) is 0 Å². The first-order valence-corrected chi connectivity index (χ1v) is 5.57. The van der Waals surface area contributed by atoms with Crippen molar-refractivity contribution in [2.45, 2.75) is 6.92 Å². The van der Waals surface area contributed by atoms with E-state index in [1.807, 2.05) is 28.4 Å². The molecule has 0 aliphatic heterocycles. The Morgan fingerprint density at radius 2 is 2.21 bits per heavy atom. The van der Waals surface area contributed by atoms with Crippen LogP contribution in [-0.2, 0) is 4.74 Å². The Labute approximate surface area is 97.1 Å². The summed E-state index contributed by atoms with van der Waals surface area (Å²) >= 11 is 2.12. The highest BCUT2D eigenvalue weighted by atomic mass is 127. The maximum atomic E-state index is 11.5. The summed E-state index contributed by atoms with van der Waals surface area (Å²) in [5, 5.41) is 0. The summed E-state index contributed by atoms with van der Waals surface area (Å²) < 4.78 is 6.81. The van der Waals surface area contributed by atoms with E-state index in [-0.39, 0.29) is 5.97 Å². The van der Waals surface area contributed by atoms with Crippen molar-refractivity contribution in [3.05, 3.63) is 39.5 Å². The molecule has 0 saturated heterocycles. The predicted octanol–water partition coefficient (Wildman–Crippen LogP) is 3.27. The Bertz CT molecular complexity index is 345. The summed E-state index contributed by atoms with van der Waals surface area (Å²) in [4.78, 5) is 11.5. The van der Waals surface area contributed by atoms with Gasteiger partial charge in [0.2, 0.25) is 0 Å². The molecule has 0 fully saturated rings. The topological polar surface area (TPSA) is 26.3 Å². The Hall–Kier alpha value is -0.840. The van der Waals surface area contributed by atoms with E-state index in [4.69, 9.17) is 4.74 Å². The van der Waals surface area contributed by atoms with Gasteiger partial charge in [-0.3, -0.25) is 0 Å². The van der Waals surface area contributed by atoms with E-state index in [0.29, 0.717) is 12.2 Å². The lowest BCUT2D eigenvalue weighted by Crippen LogP contribution is -2.06. The molecule has 1 aromatic carbocycles. The van der Waals surface area contributed by atoms with Crippen LogP contribution >= 0.6 is 22.6 Å². The van der Waals surface area contributed by atoms with Crippen LogP contribution in [0.25, 0.3) is 6.08 Å². The summed E-state index contributed by atoms with van der Waals surface area (Å²) in [6.45, 7) is 2.20. The molecule has 0 atom stereocenters. The number of esters is 1. The van der Waals surface area contributed by atoms with Gasteiger partial charge in [0.1, 0.15) is 0 Å². The maximum absolute atomic E-state index is 11.5. The van der Waals surface area contributed by atoms with Gasteiger partial charge >= 0.3 is 5.97 Å². The zero-order valence-electron chi connectivity index (χ0n) is 7.87. The van der Waals surface area contributed by atoms with Crippen molar-refractivity contribution < 1.29 is 9.53 Å². The van der Waals surface area contributed by atoms with Crippen LogP contribution in [0.15, 0.2) is 28.3 Å². The summed E-state index contributed by atoms with van der Waals surface area (Å²) in [5.74, 6) is -0.266. The van der Waals surface area contributed by atoms with Crippen LogP contribution < -0.4 is 0 Å². The molecule has 1 aromatic rings. The molecule has 0 bridgehead atoms. The molecule has 0 N–H and O–H groups in total. The van der Waals surface area contributed by atoms with E-state index < -0.39 is 0 Å². The highest BCUT2D eigenvalue weighted by Gasteiger charge is 2.08. The molecule has 0 heterocycles. The van der Waals surface area contributed by atoms with E-state index in [1.54, 1.807) is 13.0 Å². The number of halogens is 1. The number of hydrogen-bond acceptors (Lipinski definition) is 2. The van der Waals surface area contributed by atoms with Crippen molar-refractivity contribution in [3.63, 3.8) is 0 Å². The number of hydrogen-bond donors (Lipinski definition) is 0. The highest BCUT2D eigenvalue weighted by molar-refractivity contribution is 14.1. The number of carbonyl (C=O) groups is 1. The van der Waals surface area contributed by atoms with Gasteiger partial charge in [-0.15, -0.1) is 0 Å². The Morgan fingerprint density at radius 3 is 2.86 bits per heavy atom. The lowest BCUT2D eigenvalue weighted by molar-refractivity contribution is 0.0526. The zero-order chi connectivity index (χ0) is 10.4. The van der Waals surface area contributed by atoms with E-state index in [9.17, 15) is 4.79 Å². The molecule has 0 unspecified atom stereocenters. The minimum Gasteiger partial charge on any atom is -0.462 e. The third-order valence-electron chi connectivity index (χ3n) is 1.70. The summed E-state index contributed by atoms with van der Waals surface area (Å²) in [5.41, 5.74) is 1.50. The molecule has 0 spiro atoms. The van der Waals surface area contributed by atoms with Gasteiger partial charge in [-0.1, -0.05) is 40.8 Å². The normalized spacial score (nSPS) is 10.4. The van der Waals surface area contributed by atoms with Crippen LogP contribution in [0.2, 0.25) is 0 Å². The second-order valence-electron chi connectivity index (χ2n) is 2.60. The van der Waals surface area contributed by atoms with Gasteiger partial charge in [-0.2, -0.15) is 0 Å². The molecule has 14 heavy (non-hydrogen) atoms. The average Bonchev–Trinajstić information content (AvgIpc) is 2.19. The van der Waals surface area contributed by atoms with Gasteiger partial charge < -0.3 is 4.74 Å². The third-order valence-corrected chi connectivity index (χ3v) is 2.06. The smallest absolute Gasteiger partial charge is 0.338 e. The highest BCUT2D eigenvalue weighted by Crippen LogP contribution is 2.12. The third kappa shape index (κ3) is 2.83. The molecule has 0 aliphatic carbocycles. The molecule has 0 radical (unpaired) electrons. The lowest BCUT2D eigenvalue weighted by atomic mass is 10.1. The van der Waals surface area contributed by atoms with E-state index >= 15 is 0 Å². The standard InChI is InChI=1S/C11H11IO2/c1-2-14-11(13)10-6-4-3-5-9(10)7-8-12/h3-8H,2H2,1H3/b8-7+. The van der Waals surface area contributed by atoms with Crippen molar-refractivity contribution in [1.82, 2.24) is 0 Å². The Kier molecular flexibility index (Phi) is 4.65. The molecule has 2 nitrogen and oxygen atoms in total.